The second kappa shape index (κ2) is 6.37. The van der Waals surface area contributed by atoms with Gasteiger partial charge in [-0.1, -0.05) is 12.8 Å². The maximum absolute atomic E-state index is 12.9. The monoisotopic (exact) mass is 292 g/mol. The van der Waals surface area contributed by atoms with Crippen LogP contribution in [0.3, 0.4) is 0 Å². The third kappa shape index (κ3) is 3.41. The third-order valence-corrected chi connectivity index (χ3v) is 5.34. The van der Waals surface area contributed by atoms with E-state index in [9.17, 15) is 9.59 Å². The van der Waals surface area contributed by atoms with Gasteiger partial charge in [-0.05, 0) is 45.4 Å². The van der Waals surface area contributed by atoms with Gasteiger partial charge in [-0.3, -0.25) is 9.59 Å². The molecule has 0 aromatic carbocycles. The molecule has 4 heteroatoms. The number of amides is 2. The van der Waals surface area contributed by atoms with E-state index in [0.717, 1.165) is 51.6 Å². The lowest BCUT2D eigenvalue weighted by atomic mass is 9.95. The Bertz CT molecular complexity index is 406. The molecule has 2 heterocycles. The first-order chi connectivity index (χ1) is 10.2. The molecule has 0 N–H and O–H groups in total. The summed E-state index contributed by atoms with van der Waals surface area (Å²) in [5, 5.41) is 0. The highest BCUT2D eigenvalue weighted by Gasteiger charge is 2.38. The summed E-state index contributed by atoms with van der Waals surface area (Å²) in [6.45, 7) is 4.61. The molecule has 2 aliphatic heterocycles. The van der Waals surface area contributed by atoms with Gasteiger partial charge < -0.3 is 9.80 Å². The Hall–Kier alpha value is -1.06. The molecule has 0 radical (unpaired) electrons. The van der Waals surface area contributed by atoms with Gasteiger partial charge in [0.15, 0.2) is 0 Å². The van der Waals surface area contributed by atoms with Gasteiger partial charge in [-0.2, -0.15) is 0 Å². The minimum atomic E-state index is 0.0435. The van der Waals surface area contributed by atoms with Crippen molar-refractivity contribution in [1.82, 2.24) is 9.80 Å². The van der Waals surface area contributed by atoms with Crippen LogP contribution in [0.1, 0.15) is 58.3 Å². The van der Waals surface area contributed by atoms with Crippen LogP contribution in [0.25, 0.3) is 0 Å². The molecule has 118 valence electrons. The second-order valence-corrected chi connectivity index (χ2v) is 7.13. The molecular weight excluding hydrogens is 264 g/mol. The molecule has 1 saturated carbocycles. The molecule has 3 rings (SSSR count). The maximum atomic E-state index is 12.9. The minimum absolute atomic E-state index is 0.0435. The van der Waals surface area contributed by atoms with E-state index in [-0.39, 0.29) is 11.8 Å². The predicted molar refractivity (Wildman–Crippen MR) is 81.7 cm³/mol. The van der Waals surface area contributed by atoms with Gasteiger partial charge in [0.05, 0.1) is 5.92 Å². The molecule has 0 aromatic heterocycles. The zero-order valence-corrected chi connectivity index (χ0v) is 13.2. The first kappa shape index (κ1) is 14.9. The maximum Gasteiger partial charge on any atom is 0.227 e. The first-order valence-corrected chi connectivity index (χ1v) is 8.76. The fraction of sp³-hybridized carbons (Fsp3) is 0.882. The predicted octanol–water partition coefficient (Wildman–Crippen LogP) is 2.43. The zero-order valence-electron chi connectivity index (χ0n) is 13.2. The van der Waals surface area contributed by atoms with Crippen LogP contribution in [0.2, 0.25) is 0 Å². The standard InChI is InChI=1S/C17H28N2O2/c1-13-6-3-2-4-11-19(13)17(21)15-7-5-10-18(12-15)16(20)14-8-9-14/h13-15H,2-12H2,1H3. The van der Waals surface area contributed by atoms with E-state index in [1.165, 1.54) is 12.8 Å². The van der Waals surface area contributed by atoms with Crippen LogP contribution in [-0.4, -0.2) is 47.3 Å². The average molecular weight is 292 g/mol. The Balaban J connectivity index is 1.61. The van der Waals surface area contributed by atoms with Gasteiger partial charge in [0.1, 0.15) is 0 Å². The first-order valence-electron chi connectivity index (χ1n) is 8.76. The lowest BCUT2D eigenvalue weighted by molar-refractivity contribution is -0.142. The van der Waals surface area contributed by atoms with E-state index in [4.69, 9.17) is 0 Å². The topological polar surface area (TPSA) is 40.6 Å². The molecular formula is C17H28N2O2. The van der Waals surface area contributed by atoms with Gasteiger partial charge in [0.25, 0.3) is 0 Å². The van der Waals surface area contributed by atoms with Crippen molar-refractivity contribution in [3.05, 3.63) is 0 Å². The zero-order chi connectivity index (χ0) is 14.8. The van der Waals surface area contributed by atoms with Crippen LogP contribution in [0, 0.1) is 11.8 Å². The number of hydrogen-bond donors (Lipinski definition) is 0. The minimum Gasteiger partial charge on any atom is -0.342 e. The fourth-order valence-corrected chi connectivity index (χ4v) is 3.80. The van der Waals surface area contributed by atoms with Crippen molar-refractivity contribution in [2.75, 3.05) is 19.6 Å². The van der Waals surface area contributed by atoms with Crippen LogP contribution >= 0.6 is 0 Å². The molecule has 0 aromatic rings. The van der Waals surface area contributed by atoms with Crippen molar-refractivity contribution in [3.63, 3.8) is 0 Å². The van der Waals surface area contributed by atoms with Crippen LogP contribution in [-0.2, 0) is 9.59 Å². The van der Waals surface area contributed by atoms with E-state index >= 15 is 0 Å². The second-order valence-electron chi connectivity index (χ2n) is 7.13. The summed E-state index contributed by atoms with van der Waals surface area (Å²) in [7, 11) is 0. The summed E-state index contributed by atoms with van der Waals surface area (Å²) in [5.74, 6) is 0.923. The Morgan fingerprint density at radius 1 is 0.810 bits per heavy atom. The number of carbonyl (C=O) groups is 2. The fourth-order valence-electron chi connectivity index (χ4n) is 3.80. The van der Waals surface area contributed by atoms with Crippen LogP contribution in [0.15, 0.2) is 0 Å². The molecule has 2 saturated heterocycles. The van der Waals surface area contributed by atoms with Crippen molar-refractivity contribution in [3.8, 4) is 0 Å². The molecule has 2 atom stereocenters. The quantitative estimate of drug-likeness (QED) is 0.784. The highest BCUT2D eigenvalue weighted by atomic mass is 16.2. The molecule has 2 amide bonds. The average Bonchev–Trinajstić information content (AvgIpc) is 3.34. The lowest BCUT2D eigenvalue weighted by Crippen LogP contribution is -2.49. The summed E-state index contributed by atoms with van der Waals surface area (Å²) in [6, 6.07) is 0.370. The van der Waals surface area contributed by atoms with Crippen molar-refractivity contribution < 1.29 is 9.59 Å². The smallest absolute Gasteiger partial charge is 0.227 e. The molecule has 3 fully saturated rings. The summed E-state index contributed by atoms with van der Waals surface area (Å²) in [5.41, 5.74) is 0. The van der Waals surface area contributed by atoms with E-state index in [2.05, 4.69) is 11.8 Å². The third-order valence-electron chi connectivity index (χ3n) is 5.34. The molecule has 1 aliphatic carbocycles. The summed E-state index contributed by atoms with van der Waals surface area (Å²) in [6.07, 6.45) is 8.78. The van der Waals surface area contributed by atoms with Gasteiger partial charge in [-0.15, -0.1) is 0 Å². The number of piperidine rings is 1. The Kier molecular flexibility index (Phi) is 4.51. The summed E-state index contributed by atoms with van der Waals surface area (Å²) < 4.78 is 0. The van der Waals surface area contributed by atoms with Crippen molar-refractivity contribution in [2.45, 2.75) is 64.3 Å². The number of nitrogens with zero attached hydrogens (tertiary/aromatic N) is 2. The van der Waals surface area contributed by atoms with Gasteiger partial charge >= 0.3 is 0 Å². The SMILES string of the molecule is CC1CCCCCN1C(=O)C1CCCN(C(=O)C2CC2)C1. The highest BCUT2D eigenvalue weighted by Crippen LogP contribution is 2.33. The Morgan fingerprint density at radius 3 is 2.38 bits per heavy atom. The van der Waals surface area contributed by atoms with E-state index in [1.807, 2.05) is 4.90 Å². The van der Waals surface area contributed by atoms with Crippen molar-refractivity contribution in [2.24, 2.45) is 11.8 Å². The molecule has 0 bridgehead atoms. The largest absolute Gasteiger partial charge is 0.342 e. The molecule has 0 spiro atoms. The number of rotatable bonds is 2. The van der Waals surface area contributed by atoms with Crippen LogP contribution < -0.4 is 0 Å². The number of hydrogen-bond acceptors (Lipinski definition) is 2. The highest BCUT2D eigenvalue weighted by molar-refractivity contribution is 5.83. The molecule has 3 aliphatic rings. The summed E-state index contributed by atoms with van der Waals surface area (Å²) >= 11 is 0. The van der Waals surface area contributed by atoms with E-state index in [0.29, 0.717) is 24.4 Å². The van der Waals surface area contributed by atoms with Crippen molar-refractivity contribution in [1.29, 1.82) is 0 Å². The van der Waals surface area contributed by atoms with Gasteiger partial charge in [-0.25, -0.2) is 0 Å². The Morgan fingerprint density at radius 2 is 1.62 bits per heavy atom. The lowest BCUT2D eigenvalue weighted by Gasteiger charge is -2.36. The van der Waals surface area contributed by atoms with Gasteiger partial charge in [0, 0.05) is 31.6 Å². The Labute approximate surface area is 127 Å². The number of carbonyl (C=O) groups excluding carboxylic acids is 2. The van der Waals surface area contributed by atoms with E-state index in [1.54, 1.807) is 0 Å². The van der Waals surface area contributed by atoms with Crippen LogP contribution in [0.4, 0.5) is 0 Å². The normalized spacial score (nSPS) is 30.9. The molecule has 2 unspecified atom stereocenters. The van der Waals surface area contributed by atoms with Crippen LogP contribution in [0.5, 0.6) is 0 Å². The summed E-state index contributed by atoms with van der Waals surface area (Å²) in [4.78, 5) is 29.1. The van der Waals surface area contributed by atoms with Crippen molar-refractivity contribution >= 4 is 11.8 Å². The van der Waals surface area contributed by atoms with Gasteiger partial charge in [0.2, 0.25) is 11.8 Å². The van der Waals surface area contributed by atoms with E-state index < -0.39 is 0 Å². The molecule has 4 nitrogen and oxygen atoms in total. The molecule has 21 heavy (non-hydrogen) atoms. The number of likely N-dealkylation sites (tertiary alicyclic amines) is 2.